The molecule has 1 fully saturated rings. The fourth-order valence-corrected chi connectivity index (χ4v) is 4.57. The van der Waals surface area contributed by atoms with Crippen LogP contribution >= 0.6 is 23.2 Å². The predicted octanol–water partition coefficient (Wildman–Crippen LogP) is 5.22. The van der Waals surface area contributed by atoms with Crippen LogP contribution in [-0.4, -0.2) is 57.6 Å². The molecule has 2 aromatic carbocycles. The molecule has 0 aliphatic carbocycles. The van der Waals surface area contributed by atoms with Crippen molar-refractivity contribution in [2.75, 3.05) is 49.2 Å². The number of nitrogens with two attached hydrogens (primary N) is 1. The van der Waals surface area contributed by atoms with Crippen molar-refractivity contribution in [1.82, 2.24) is 24.4 Å². The number of likely N-dealkylation sites (N-methyl/N-ethyl adjacent to an activating group) is 1. The van der Waals surface area contributed by atoms with Gasteiger partial charge in [-0.15, -0.1) is 0 Å². The molecule has 13 heteroatoms. The number of rotatable bonds is 4. The summed E-state index contributed by atoms with van der Waals surface area (Å²) in [6, 6.07) is 9.73. The lowest BCUT2D eigenvalue weighted by molar-refractivity contribution is -0.137. The van der Waals surface area contributed by atoms with Crippen molar-refractivity contribution in [2.24, 2.45) is 0 Å². The Balaban J connectivity index is 1.65. The van der Waals surface area contributed by atoms with Crippen molar-refractivity contribution in [3.8, 4) is 5.69 Å². The zero-order valence-electron chi connectivity index (χ0n) is 19.0. The summed E-state index contributed by atoms with van der Waals surface area (Å²) in [7, 11) is 2.04. The lowest BCUT2D eigenvalue weighted by Gasteiger charge is -2.32. The van der Waals surface area contributed by atoms with E-state index in [1.54, 1.807) is 22.8 Å². The highest BCUT2D eigenvalue weighted by Crippen LogP contribution is 2.36. The van der Waals surface area contributed by atoms with E-state index in [9.17, 15) is 13.2 Å². The third-order valence-corrected chi connectivity index (χ3v) is 6.55. The highest BCUT2D eigenvalue weighted by Gasteiger charge is 2.30. The molecule has 0 amide bonds. The molecule has 0 atom stereocenters. The van der Waals surface area contributed by atoms with E-state index in [0.717, 1.165) is 25.2 Å². The first-order valence-corrected chi connectivity index (χ1v) is 11.8. The topological polar surface area (TPSA) is 88.1 Å². The first-order chi connectivity index (χ1) is 17.1. The maximum atomic E-state index is 13.0. The fourth-order valence-electron chi connectivity index (χ4n) is 4.00. The van der Waals surface area contributed by atoms with Crippen LogP contribution in [0.3, 0.4) is 0 Å². The van der Waals surface area contributed by atoms with Gasteiger partial charge in [-0.2, -0.15) is 23.1 Å². The minimum Gasteiger partial charge on any atom is -0.369 e. The highest BCUT2D eigenvalue weighted by atomic mass is 35.5. The Hall–Kier alpha value is -3.28. The van der Waals surface area contributed by atoms with Gasteiger partial charge in [0.15, 0.2) is 17.0 Å². The van der Waals surface area contributed by atoms with Crippen LogP contribution in [0.4, 0.5) is 36.6 Å². The summed E-state index contributed by atoms with van der Waals surface area (Å²) in [5.74, 6) is 0.803. The summed E-state index contributed by atoms with van der Waals surface area (Å²) in [5, 5.41) is 3.79. The molecule has 5 rings (SSSR count). The molecule has 0 spiro atoms. The van der Waals surface area contributed by atoms with Gasteiger partial charge in [0.25, 0.3) is 0 Å². The second-order valence-electron chi connectivity index (χ2n) is 8.41. The highest BCUT2D eigenvalue weighted by molar-refractivity contribution is 6.38. The molecule has 4 aromatic rings. The van der Waals surface area contributed by atoms with Crippen molar-refractivity contribution in [1.29, 1.82) is 0 Å². The molecule has 2 aromatic heterocycles. The number of nitrogens with one attached hydrogen (secondary N) is 1. The van der Waals surface area contributed by atoms with Crippen molar-refractivity contribution >= 4 is 57.8 Å². The number of imidazole rings is 1. The van der Waals surface area contributed by atoms with Crippen LogP contribution in [0, 0.1) is 0 Å². The minimum absolute atomic E-state index is 0.0836. The van der Waals surface area contributed by atoms with Gasteiger partial charge in [-0.05, 0) is 43.4 Å². The Morgan fingerprint density at radius 1 is 0.917 bits per heavy atom. The van der Waals surface area contributed by atoms with Crippen molar-refractivity contribution in [3.05, 3.63) is 58.1 Å². The van der Waals surface area contributed by atoms with Crippen LogP contribution in [0.1, 0.15) is 5.56 Å². The summed E-state index contributed by atoms with van der Waals surface area (Å²) in [5.41, 5.74) is 7.05. The van der Waals surface area contributed by atoms with Crippen LogP contribution in [0.5, 0.6) is 0 Å². The van der Waals surface area contributed by atoms with E-state index in [2.05, 4.69) is 20.2 Å². The largest absolute Gasteiger partial charge is 0.416 e. The fraction of sp³-hybridized carbons (Fsp3) is 0.261. The van der Waals surface area contributed by atoms with Gasteiger partial charge in [0.1, 0.15) is 0 Å². The summed E-state index contributed by atoms with van der Waals surface area (Å²) >= 11 is 12.9. The Bertz CT molecular complexity index is 1390. The average molecular weight is 537 g/mol. The van der Waals surface area contributed by atoms with Crippen LogP contribution in [0.25, 0.3) is 16.9 Å². The SMILES string of the molecule is CN1CCN(c2nc(Nc3ccc(C(F)(F)F)cc3)c3nc(N)n(-c4c(Cl)cccc4Cl)c3n2)CC1. The number of benzene rings is 2. The zero-order chi connectivity index (χ0) is 25.6. The summed E-state index contributed by atoms with van der Waals surface area (Å²) in [6.45, 7) is 3.03. The number of para-hydroxylation sites is 1. The Morgan fingerprint density at radius 2 is 1.56 bits per heavy atom. The third kappa shape index (κ3) is 4.61. The van der Waals surface area contributed by atoms with E-state index < -0.39 is 11.7 Å². The molecule has 0 bridgehead atoms. The van der Waals surface area contributed by atoms with Crippen LogP contribution in [0.2, 0.25) is 10.0 Å². The van der Waals surface area contributed by atoms with E-state index in [-0.39, 0.29) is 5.95 Å². The maximum absolute atomic E-state index is 13.0. The second-order valence-corrected chi connectivity index (χ2v) is 9.22. The Kier molecular flexibility index (Phi) is 6.31. The average Bonchev–Trinajstić information content (AvgIpc) is 3.15. The first kappa shape index (κ1) is 24.4. The molecule has 8 nitrogen and oxygen atoms in total. The number of hydrogen-bond donors (Lipinski definition) is 2. The predicted molar refractivity (Wildman–Crippen MR) is 136 cm³/mol. The minimum atomic E-state index is -4.43. The van der Waals surface area contributed by atoms with Crippen molar-refractivity contribution in [2.45, 2.75) is 6.18 Å². The maximum Gasteiger partial charge on any atom is 0.416 e. The molecule has 1 aliphatic rings. The van der Waals surface area contributed by atoms with Gasteiger partial charge in [-0.1, -0.05) is 29.3 Å². The van der Waals surface area contributed by atoms with Gasteiger partial charge in [-0.3, -0.25) is 4.57 Å². The number of aromatic nitrogens is 4. The molecule has 36 heavy (non-hydrogen) atoms. The van der Waals surface area contributed by atoms with E-state index in [0.29, 0.717) is 57.4 Å². The molecular weight excluding hydrogens is 516 g/mol. The molecule has 0 radical (unpaired) electrons. The smallest absolute Gasteiger partial charge is 0.369 e. The molecule has 0 unspecified atom stereocenters. The summed E-state index contributed by atoms with van der Waals surface area (Å²) < 4.78 is 40.6. The van der Waals surface area contributed by atoms with E-state index >= 15 is 0 Å². The first-order valence-electron chi connectivity index (χ1n) is 11.0. The molecular formula is C23H21Cl2F3N8. The van der Waals surface area contributed by atoms with Gasteiger partial charge in [0.2, 0.25) is 11.9 Å². The Morgan fingerprint density at radius 3 is 2.17 bits per heavy atom. The number of anilines is 4. The van der Waals surface area contributed by atoms with Gasteiger partial charge in [0.05, 0.1) is 21.3 Å². The summed E-state index contributed by atoms with van der Waals surface area (Å²) in [4.78, 5) is 18.1. The number of alkyl halides is 3. The molecule has 1 saturated heterocycles. The summed E-state index contributed by atoms with van der Waals surface area (Å²) in [6.07, 6.45) is -4.43. The number of hydrogen-bond acceptors (Lipinski definition) is 7. The monoisotopic (exact) mass is 536 g/mol. The number of nitrogen functional groups attached to an aromatic ring is 1. The number of halogens is 5. The van der Waals surface area contributed by atoms with E-state index in [1.165, 1.54) is 12.1 Å². The molecule has 188 valence electrons. The molecule has 0 saturated carbocycles. The van der Waals surface area contributed by atoms with Gasteiger partial charge >= 0.3 is 6.18 Å². The third-order valence-electron chi connectivity index (χ3n) is 5.94. The van der Waals surface area contributed by atoms with Gasteiger partial charge < -0.3 is 20.9 Å². The Labute approximate surface area is 214 Å². The molecule has 3 heterocycles. The van der Waals surface area contributed by atoms with E-state index in [4.69, 9.17) is 33.9 Å². The van der Waals surface area contributed by atoms with Crippen molar-refractivity contribution in [3.63, 3.8) is 0 Å². The van der Waals surface area contributed by atoms with Gasteiger partial charge in [-0.25, -0.2) is 4.98 Å². The second kappa shape index (κ2) is 9.30. The van der Waals surface area contributed by atoms with Crippen LogP contribution in [-0.2, 0) is 6.18 Å². The number of nitrogens with zero attached hydrogens (tertiary/aromatic N) is 6. The van der Waals surface area contributed by atoms with Gasteiger partial charge in [0, 0.05) is 31.9 Å². The molecule has 1 aliphatic heterocycles. The number of piperazine rings is 1. The molecule has 3 N–H and O–H groups in total. The van der Waals surface area contributed by atoms with Crippen LogP contribution in [0.15, 0.2) is 42.5 Å². The lowest BCUT2D eigenvalue weighted by Crippen LogP contribution is -2.45. The standard InChI is InChI=1S/C23H21Cl2F3N8/c1-34-9-11-35(12-10-34)22-32-19(30-14-7-5-13(6-8-14)23(26,27)28)17-20(33-22)36(21(29)31-17)18-15(24)3-2-4-16(18)25/h2-8H,9-12H2,1H3,(H2,29,31)(H,30,32,33). The zero-order valence-corrected chi connectivity index (χ0v) is 20.5. The van der Waals surface area contributed by atoms with Crippen LogP contribution < -0.4 is 16.0 Å². The lowest BCUT2D eigenvalue weighted by atomic mass is 10.2. The quantitative estimate of drug-likeness (QED) is 0.369. The van der Waals surface area contributed by atoms with Crippen molar-refractivity contribution < 1.29 is 13.2 Å². The number of fused-ring (bicyclic) bond motifs is 1. The van der Waals surface area contributed by atoms with E-state index in [1.807, 2.05) is 11.9 Å². The normalized spacial score (nSPS) is 15.0.